The zero-order chi connectivity index (χ0) is 21.6. The monoisotopic (exact) mass is 401 g/mol. The average Bonchev–Trinajstić information content (AvgIpc) is 2.63. The largest absolute Gasteiger partial charge is 0.481 e. The molecule has 29 heavy (non-hydrogen) atoms. The fraction of sp³-hybridized carbons (Fsp3) is 0.211. The van der Waals surface area contributed by atoms with E-state index in [-0.39, 0.29) is 17.7 Å². The molecule has 0 saturated carbocycles. The average molecular weight is 401 g/mol. The molecule has 0 aliphatic carbocycles. The number of hydrogen-bond acceptors (Lipinski definition) is 5. The van der Waals surface area contributed by atoms with Crippen LogP contribution in [0.15, 0.2) is 47.4 Å². The highest BCUT2D eigenvalue weighted by atomic mass is 16.4. The quantitative estimate of drug-likeness (QED) is 0.501. The molecule has 10 heteroatoms. The van der Waals surface area contributed by atoms with Crippen LogP contribution < -0.4 is 16.2 Å². The van der Waals surface area contributed by atoms with Crippen LogP contribution in [0.5, 0.6) is 0 Å². The summed E-state index contributed by atoms with van der Waals surface area (Å²) in [5.74, 6) is -4.03. The van der Waals surface area contributed by atoms with Gasteiger partial charge in [0.1, 0.15) is 12.6 Å². The Kier molecular flexibility index (Phi) is 6.85. The number of carbonyl (C=O) groups excluding carboxylic acids is 2. The summed E-state index contributed by atoms with van der Waals surface area (Å²) in [7, 11) is 0. The van der Waals surface area contributed by atoms with Gasteiger partial charge in [-0.3, -0.25) is 19.2 Å². The Morgan fingerprint density at radius 2 is 1.72 bits per heavy atom. The Balaban J connectivity index is 1.99. The number of pyridine rings is 1. The zero-order valence-electron chi connectivity index (χ0n) is 15.4. The molecule has 2 amide bonds. The van der Waals surface area contributed by atoms with Crippen molar-refractivity contribution in [3.05, 3.63) is 64.1 Å². The van der Waals surface area contributed by atoms with Crippen molar-refractivity contribution in [3.63, 3.8) is 0 Å². The maximum atomic E-state index is 12.1. The predicted octanol–water partition coefficient (Wildman–Crippen LogP) is 0.453. The van der Waals surface area contributed by atoms with Gasteiger partial charge in [0.05, 0.1) is 6.42 Å². The molecular weight excluding hydrogens is 382 g/mol. The Morgan fingerprint density at radius 3 is 2.28 bits per heavy atom. The highest BCUT2D eigenvalue weighted by molar-refractivity contribution is 5.98. The van der Waals surface area contributed by atoms with Gasteiger partial charge < -0.3 is 25.4 Å². The second kappa shape index (κ2) is 9.31. The highest BCUT2D eigenvalue weighted by Crippen LogP contribution is 2.10. The first-order valence-corrected chi connectivity index (χ1v) is 8.48. The van der Waals surface area contributed by atoms with Crippen LogP contribution in [0.4, 0.5) is 5.69 Å². The van der Waals surface area contributed by atoms with Crippen molar-refractivity contribution < 1.29 is 29.4 Å². The van der Waals surface area contributed by atoms with Crippen LogP contribution in [0.25, 0.3) is 0 Å². The molecular formula is C19H19N3O7. The molecule has 0 saturated heterocycles. The molecule has 4 N–H and O–H groups in total. The number of nitrogens with zero attached hydrogens (tertiary/aromatic N) is 1. The molecule has 0 aliphatic rings. The van der Waals surface area contributed by atoms with Crippen LogP contribution in [-0.2, 0) is 20.9 Å². The molecule has 0 bridgehead atoms. The van der Waals surface area contributed by atoms with Crippen LogP contribution in [0, 0.1) is 6.92 Å². The summed E-state index contributed by atoms with van der Waals surface area (Å²) in [4.78, 5) is 57.7. The number of hydrogen-bond donors (Lipinski definition) is 4. The maximum absolute atomic E-state index is 12.1. The van der Waals surface area contributed by atoms with E-state index in [0.717, 1.165) is 5.56 Å². The predicted molar refractivity (Wildman–Crippen MR) is 102 cm³/mol. The number of carbonyl (C=O) groups is 4. The van der Waals surface area contributed by atoms with Crippen molar-refractivity contribution in [3.8, 4) is 0 Å². The third-order valence-electron chi connectivity index (χ3n) is 3.88. The molecule has 1 aromatic heterocycles. The fourth-order valence-electron chi connectivity index (χ4n) is 2.41. The lowest BCUT2D eigenvalue weighted by molar-refractivity contribution is -0.145. The highest BCUT2D eigenvalue weighted by Gasteiger charge is 2.23. The standard InChI is InChI=1S/C19H19N3O7/c1-11-6-7-22(16(24)8-11)10-15(23)20-13-4-2-12(3-5-13)18(27)21-14(19(28)29)9-17(25)26/h2-8,14H,9-10H2,1H3,(H,20,23)(H,21,27)(H,25,26)(H,28,29). The lowest BCUT2D eigenvalue weighted by atomic mass is 10.1. The van der Waals surface area contributed by atoms with Gasteiger partial charge >= 0.3 is 11.9 Å². The SMILES string of the molecule is Cc1ccn(CC(=O)Nc2ccc(C(=O)NC(CC(=O)O)C(=O)O)cc2)c(=O)c1. The van der Waals surface area contributed by atoms with E-state index in [1.807, 2.05) is 0 Å². The molecule has 1 atom stereocenters. The van der Waals surface area contributed by atoms with Crippen LogP contribution in [0.2, 0.25) is 0 Å². The van der Waals surface area contributed by atoms with E-state index in [1.54, 1.807) is 13.0 Å². The number of carboxylic acid groups (broad SMARTS) is 2. The van der Waals surface area contributed by atoms with Crippen molar-refractivity contribution in [2.75, 3.05) is 5.32 Å². The van der Waals surface area contributed by atoms with Crippen LogP contribution in [-0.4, -0.2) is 44.6 Å². The third-order valence-corrected chi connectivity index (χ3v) is 3.88. The smallest absolute Gasteiger partial charge is 0.326 e. The number of rotatable bonds is 8. The first-order chi connectivity index (χ1) is 13.7. The number of anilines is 1. The van der Waals surface area contributed by atoms with Gasteiger partial charge in [0.2, 0.25) is 5.91 Å². The van der Waals surface area contributed by atoms with E-state index < -0.39 is 36.2 Å². The molecule has 2 aromatic rings. The Labute approximate surface area is 164 Å². The van der Waals surface area contributed by atoms with Gasteiger partial charge in [-0.25, -0.2) is 4.79 Å². The van der Waals surface area contributed by atoms with Crippen molar-refractivity contribution in [1.29, 1.82) is 0 Å². The molecule has 152 valence electrons. The Morgan fingerprint density at radius 1 is 1.07 bits per heavy atom. The normalized spacial score (nSPS) is 11.3. The summed E-state index contributed by atoms with van der Waals surface area (Å²) in [6.45, 7) is 1.58. The van der Waals surface area contributed by atoms with Crippen molar-refractivity contribution in [2.24, 2.45) is 0 Å². The topological polar surface area (TPSA) is 155 Å². The maximum Gasteiger partial charge on any atom is 0.326 e. The molecule has 2 rings (SSSR count). The van der Waals surface area contributed by atoms with Gasteiger partial charge in [-0.05, 0) is 42.8 Å². The van der Waals surface area contributed by atoms with Gasteiger partial charge in [0, 0.05) is 23.5 Å². The minimum atomic E-state index is -1.56. The third kappa shape index (κ3) is 6.31. The number of aromatic nitrogens is 1. The van der Waals surface area contributed by atoms with Crippen molar-refractivity contribution in [2.45, 2.75) is 25.9 Å². The zero-order valence-corrected chi connectivity index (χ0v) is 15.4. The lowest BCUT2D eigenvalue weighted by Crippen LogP contribution is -2.42. The van der Waals surface area contributed by atoms with Gasteiger partial charge in [-0.1, -0.05) is 0 Å². The number of amides is 2. The minimum Gasteiger partial charge on any atom is -0.481 e. The van der Waals surface area contributed by atoms with E-state index in [4.69, 9.17) is 10.2 Å². The van der Waals surface area contributed by atoms with Gasteiger partial charge in [0.25, 0.3) is 11.5 Å². The van der Waals surface area contributed by atoms with E-state index in [0.29, 0.717) is 5.69 Å². The van der Waals surface area contributed by atoms with Crippen LogP contribution in [0.1, 0.15) is 22.3 Å². The molecule has 0 radical (unpaired) electrons. The number of carboxylic acids is 2. The molecule has 1 aromatic carbocycles. The molecule has 1 unspecified atom stereocenters. The van der Waals surface area contributed by atoms with Gasteiger partial charge in [0.15, 0.2) is 0 Å². The van der Waals surface area contributed by atoms with E-state index in [2.05, 4.69) is 10.6 Å². The van der Waals surface area contributed by atoms with Gasteiger partial charge in [-0.2, -0.15) is 0 Å². The number of benzene rings is 1. The Bertz CT molecular complexity index is 996. The van der Waals surface area contributed by atoms with E-state index >= 15 is 0 Å². The van der Waals surface area contributed by atoms with Gasteiger partial charge in [-0.15, -0.1) is 0 Å². The Hall–Kier alpha value is -3.95. The van der Waals surface area contributed by atoms with Crippen molar-refractivity contribution >= 4 is 29.4 Å². The number of aryl methyl sites for hydroxylation is 1. The number of nitrogens with one attached hydrogen (secondary N) is 2. The summed E-state index contributed by atoms with van der Waals surface area (Å²) < 4.78 is 1.25. The van der Waals surface area contributed by atoms with Crippen LogP contribution >= 0.6 is 0 Å². The summed E-state index contributed by atoms with van der Waals surface area (Å²) in [6, 6.07) is 7.11. The molecule has 0 spiro atoms. The van der Waals surface area contributed by atoms with Crippen molar-refractivity contribution in [1.82, 2.24) is 9.88 Å². The molecule has 0 aliphatic heterocycles. The second-order valence-corrected chi connectivity index (χ2v) is 6.26. The molecule has 0 fully saturated rings. The van der Waals surface area contributed by atoms with Crippen LogP contribution in [0.3, 0.4) is 0 Å². The first-order valence-electron chi connectivity index (χ1n) is 8.48. The summed E-state index contributed by atoms with van der Waals surface area (Å²) in [6.07, 6.45) is 0.758. The second-order valence-electron chi connectivity index (χ2n) is 6.26. The minimum absolute atomic E-state index is 0.0920. The first kappa shape index (κ1) is 21.4. The summed E-state index contributed by atoms with van der Waals surface area (Å²) in [5.41, 5.74) is 0.942. The lowest BCUT2D eigenvalue weighted by Gasteiger charge is -2.13. The molecule has 10 nitrogen and oxygen atoms in total. The van der Waals surface area contributed by atoms with E-state index in [1.165, 1.54) is 41.1 Å². The molecule has 1 heterocycles. The summed E-state index contributed by atoms with van der Waals surface area (Å²) >= 11 is 0. The number of aliphatic carboxylic acids is 2. The van der Waals surface area contributed by atoms with E-state index in [9.17, 15) is 24.0 Å². The summed E-state index contributed by atoms with van der Waals surface area (Å²) in [5, 5.41) is 22.4. The fourth-order valence-corrected chi connectivity index (χ4v) is 2.41.